The van der Waals surface area contributed by atoms with Crippen molar-refractivity contribution in [2.24, 2.45) is 0 Å². The zero-order chi connectivity index (χ0) is 22.4. The third-order valence-electron chi connectivity index (χ3n) is 5.30. The molecule has 1 saturated heterocycles. The van der Waals surface area contributed by atoms with Crippen molar-refractivity contribution in [3.8, 4) is 0 Å². The van der Waals surface area contributed by atoms with Crippen molar-refractivity contribution in [2.45, 2.75) is 26.9 Å². The Labute approximate surface area is 185 Å². The number of hydrogen-bond donors (Lipinski definition) is 1. The summed E-state index contributed by atoms with van der Waals surface area (Å²) in [5.74, 6) is -0.344. The van der Waals surface area contributed by atoms with E-state index < -0.39 is 10.0 Å². The van der Waals surface area contributed by atoms with Gasteiger partial charge in [0.1, 0.15) is 6.54 Å². The number of sulfonamides is 1. The van der Waals surface area contributed by atoms with E-state index in [2.05, 4.69) is 22.3 Å². The number of carbonyl (C=O) groups is 1. The zero-order valence-corrected chi connectivity index (χ0v) is 19.2. The number of aryl methyl sites for hydroxylation is 2. The first kappa shape index (κ1) is 23.2. The predicted octanol–water partition coefficient (Wildman–Crippen LogP) is 2.22. The Kier molecular flexibility index (Phi) is 7.69. The maximum absolute atomic E-state index is 12.6. The van der Waals surface area contributed by atoms with Gasteiger partial charge in [-0.15, -0.1) is 0 Å². The first-order chi connectivity index (χ1) is 14.7. The first-order valence-electron chi connectivity index (χ1n) is 10.4. The normalized spacial score (nSPS) is 14.9. The molecular formula is C23H31N3O4S. The van der Waals surface area contributed by atoms with Crippen LogP contribution < -0.4 is 9.62 Å². The zero-order valence-electron chi connectivity index (χ0n) is 18.4. The number of benzene rings is 2. The highest BCUT2D eigenvalue weighted by atomic mass is 32.2. The lowest BCUT2D eigenvalue weighted by Gasteiger charge is -2.26. The molecule has 0 saturated carbocycles. The van der Waals surface area contributed by atoms with Crippen LogP contribution in [0.3, 0.4) is 0 Å². The second kappa shape index (κ2) is 10.3. The highest BCUT2D eigenvalue weighted by molar-refractivity contribution is 7.92. The Morgan fingerprint density at radius 2 is 1.81 bits per heavy atom. The SMILES string of the molecule is Cc1ccc(N(CC(=O)NCc2cccc(CN3CCOCC3)c2)S(C)(=O)=O)c(C)c1. The predicted molar refractivity (Wildman–Crippen MR) is 122 cm³/mol. The van der Waals surface area contributed by atoms with Gasteiger partial charge in [-0.25, -0.2) is 8.42 Å². The van der Waals surface area contributed by atoms with Gasteiger partial charge >= 0.3 is 0 Å². The van der Waals surface area contributed by atoms with Crippen LogP contribution in [0.25, 0.3) is 0 Å². The fraction of sp³-hybridized carbons (Fsp3) is 0.435. The van der Waals surface area contributed by atoms with Crippen molar-refractivity contribution in [1.29, 1.82) is 0 Å². The minimum absolute atomic E-state index is 0.254. The van der Waals surface area contributed by atoms with Gasteiger partial charge in [-0.05, 0) is 36.6 Å². The first-order valence-corrected chi connectivity index (χ1v) is 12.3. The molecule has 168 valence electrons. The van der Waals surface area contributed by atoms with Gasteiger partial charge in [-0.1, -0.05) is 42.0 Å². The van der Waals surface area contributed by atoms with Crippen molar-refractivity contribution >= 4 is 21.6 Å². The summed E-state index contributed by atoms with van der Waals surface area (Å²) in [4.78, 5) is 14.9. The molecule has 0 aromatic heterocycles. The average Bonchev–Trinajstić information content (AvgIpc) is 2.71. The number of rotatable bonds is 8. The molecule has 8 heteroatoms. The Hall–Kier alpha value is -2.42. The van der Waals surface area contributed by atoms with Crippen molar-refractivity contribution < 1.29 is 17.9 Å². The van der Waals surface area contributed by atoms with Gasteiger partial charge in [0.25, 0.3) is 0 Å². The van der Waals surface area contributed by atoms with Gasteiger partial charge in [-0.2, -0.15) is 0 Å². The number of amides is 1. The summed E-state index contributed by atoms with van der Waals surface area (Å²) in [5, 5.41) is 2.85. The van der Waals surface area contributed by atoms with Gasteiger partial charge < -0.3 is 10.1 Å². The minimum Gasteiger partial charge on any atom is -0.379 e. The van der Waals surface area contributed by atoms with Crippen molar-refractivity contribution in [3.63, 3.8) is 0 Å². The Morgan fingerprint density at radius 3 is 2.48 bits per heavy atom. The molecule has 0 radical (unpaired) electrons. The van der Waals surface area contributed by atoms with Gasteiger partial charge in [0.15, 0.2) is 0 Å². The van der Waals surface area contributed by atoms with Gasteiger partial charge in [-0.3, -0.25) is 14.0 Å². The third-order valence-corrected chi connectivity index (χ3v) is 6.43. The van der Waals surface area contributed by atoms with Crippen LogP contribution in [0, 0.1) is 13.8 Å². The van der Waals surface area contributed by atoms with E-state index in [1.165, 1.54) is 5.56 Å². The Balaban J connectivity index is 1.62. The van der Waals surface area contributed by atoms with E-state index in [0.717, 1.165) is 60.1 Å². The molecule has 7 nitrogen and oxygen atoms in total. The summed E-state index contributed by atoms with van der Waals surface area (Å²) in [7, 11) is -3.60. The van der Waals surface area contributed by atoms with E-state index in [9.17, 15) is 13.2 Å². The molecule has 1 aliphatic rings. The molecule has 1 amide bonds. The molecule has 1 heterocycles. The van der Waals surface area contributed by atoms with Gasteiger partial charge in [0, 0.05) is 26.2 Å². The number of nitrogens with one attached hydrogen (secondary N) is 1. The van der Waals surface area contributed by atoms with E-state index in [1.54, 1.807) is 6.07 Å². The number of ether oxygens (including phenoxy) is 1. The molecule has 0 atom stereocenters. The lowest BCUT2D eigenvalue weighted by atomic mass is 10.1. The summed E-state index contributed by atoms with van der Waals surface area (Å²) >= 11 is 0. The highest BCUT2D eigenvalue weighted by Gasteiger charge is 2.22. The lowest BCUT2D eigenvalue weighted by Crippen LogP contribution is -2.40. The molecule has 1 N–H and O–H groups in total. The number of hydrogen-bond acceptors (Lipinski definition) is 5. The van der Waals surface area contributed by atoms with E-state index >= 15 is 0 Å². The summed E-state index contributed by atoms with van der Waals surface area (Å²) < 4.78 is 31.2. The molecule has 3 rings (SSSR count). The van der Waals surface area contributed by atoms with Crippen molar-refractivity contribution in [2.75, 3.05) is 43.4 Å². The quantitative estimate of drug-likeness (QED) is 0.674. The van der Waals surface area contributed by atoms with E-state index in [1.807, 2.05) is 38.1 Å². The van der Waals surface area contributed by atoms with Gasteiger partial charge in [0.2, 0.25) is 15.9 Å². The molecular weight excluding hydrogens is 414 g/mol. The third kappa shape index (κ3) is 6.78. The average molecular weight is 446 g/mol. The maximum atomic E-state index is 12.6. The van der Waals surface area contributed by atoms with Crippen molar-refractivity contribution in [1.82, 2.24) is 10.2 Å². The van der Waals surface area contributed by atoms with Crippen LogP contribution in [0.5, 0.6) is 0 Å². The lowest BCUT2D eigenvalue weighted by molar-refractivity contribution is -0.119. The molecule has 0 bridgehead atoms. The summed E-state index contributed by atoms with van der Waals surface area (Å²) in [5.41, 5.74) is 4.54. The van der Waals surface area contributed by atoms with E-state index in [0.29, 0.717) is 12.2 Å². The molecule has 2 aromatic rings. The van der Waals surface area contributed by atoms with Crippen LogP contribution in [-0.2, 0) is 32.6 Å². The summed E-state index contributed by atoms with van der Waals surface area (Å²) in [6.45, 7) is 8.08. The van der Waals surface area contributed by atoms with Gasteiger partial charge in [0.05, 0.1) is 25.2 Å². The van der Waals surface area contributed by atoms with Crippen LogP contribution in [0.15, 0.2) is 42.5 Å². The number of nitrogens with zero attached hydrogens (tertiary/aromatic N) is 2. The summed E-state index contributed by atoms with van der Waals surface area (Å²) in [6, 6.07) is 13.6. The van der Waals surface area contributed by atoms with Crippen LogP contribution in [0.2, 0.25) is 0 Å². The minimum atomic E-state index is -3.60. The largest absolute Gasteiger partial charge is 0.379 e. The van der Waals surface area contributed by atoms with Crippen molar-refractivity contribution in [3.05, 3.63) is 64.7 Å². The second-order valence-corrected chi connectivity index (χ2v) is 9.95. The van der Waals surface area contributed by atoms with E-state index in [-0.39, 0.29) is 12.5 Å². The molecule has 0 unspecified atom stereocenters. The Morgan fingerprint density at radius 1 is 1.10 bits per heavy atom. The molecule has 2 aromatic carbocycles. The number of carbonyl (C=O) groups excluding carboxylic acids is 1. The number of anilines is 1. The fourth-order valence-corrected chi connectivity index (χ4v) is 4.62. The highest BCUT2D eigenvalue weighted by Crippen LogP contribution is 2.23. The standard InChI is InChI=1S/C23H31N3O4S/c1-18-7-8-22(19(2)13-18)26(31(3,28)29)17-23(27)24-15-20-5-4-6-21(14-20)16-25-9-11-30-12-10-25/h4-8,13-14H,9-12,15-17H2,1-3H3,(H,24,27). The second-order valence-electron chi connectivity index (χ2n) is 8.04. The van der Waals surface area contributed by atoms with Crippen LogP contribution >= 0.6 is 0 Å². The molecule has 31 heavy (non-hydrogen) atoms. The smallest absolute Gasteiger partial charge is 0.241 e. The molecule has 0 spiro atoms. The molecule has 0 aliphatic carbocycles. The van der Waals surface area contributed by atoms with Crippen LogP contribution in [0.1, 0.15) is 22.3 Å². The summed E-state index contributed by atoms with van der Waals surface area (Å²) in [6.07, 6.45) is 1.12. The monoisotopic (exact) mass is 445 g/mol. The van der Waals surface area contributed by atoms with Crippen LogP contribution in [0.4, 0.5) is 5.69 Å². The number of morpholine rings is 1. The molecule has 1 aliphatic heterocycles. The molecule has 1 fully saturated rings. The topological polar surface area (TPSA) is 79.0 Å². The van der Waals surface area contributed by atoms with Crippen LogP contribution in [-0.4, -0.2) is 58.3 Å². The maximum Gasteiger partial charge on any atom is 0.241 e. The fourth-order valence-electron chi connectivity index (χ4n) is 3.71. The van der Waals surface area contributed by atoms with E-state index in [4.69, 9.17) is 4.74 Å². The Bertz CT molecular complexity index is 1020.